The number of benzene rings is 3. The van der Waals surface area contributed by atoms with Crippen molar-refractivity contribution in [3.63, 3.8) is 0 Å². The van der Waals surface area contributed by atoms with Gasteiger partial charge in [0.2, 0.25) is 5.91 Å². The van der Waals surface area contributed by atoms with Gasteiger partial charge < -0.3 is 5.32 Å². The standard InChI is InChI=1S/C22H17ClN4OS/c23-17-9-7-8-16(14-17)21-25-26-22(27(21)19-12-5-2-6-13-19)29-15-20(28)24-18-10-3-1-4-11-18/h1-14H,15H2,(H,24,28). The van der Waals surface area contributed by atoms with Gasteiger partial charge in [-0.1, -0.05) is 71.9 Å². The molecule has 0 radical (unpaired) electrons. The van der Waals surface area contributed by atoms with E-state index in [2.05, 4.69) is 15.5 Å². The Balaban J connectivity index is 1.61. The molecule has 0 aliphatic carbocycles. The molecular formula is C22H17ClN4OS. The second-order valence-corrected chi connectivity index (χ2v) is 7.57. The number of nitrogens with one attached hydrogen (secondary N) is 1. The molecule has 3 aromatic carbocycles. The van der Waals surface area contributed by atoms with Crippen LogP contribution in [0.4, 0.5) is 5.69 Å². The highest BCUT2D eigenvalue weighted by atomic mass is 35.5. The van der Waals surface area contributed by atoms with E-state index in [-0.39, 0.29) is 11.7 Å². The summed E-state index contributed by atoms with van der Waals surface area (Å²) in [5.41, 5.74) is 2.54. The smallest absolute Gasteiger partial charge is 0.234 e. The number of hydrogen-bond donors (Lipinski definition) is 1. The number of carbonyl (C=O) groups is 1. The molecule has 0 aliphatic rings. The Morgan fingerprint density at radius 3 is 2.38 bits per heavy atom. The average molecular weight is 421 g/mol. The van der Waals surface area contributed by atoms with Crippen LogP contribution in [0.25, 0.3) is 17.1 Å². The number of halogens is 1. The van der Waals surface area contributed by atoms with Crippen LogP contribution >= 0.6 is 23.4 Å². The molecule has 1 heterocycles. The van der Waals surface area contributed by atoms with Crippen LogP contribution in [0.2, 0.25) is 5.02 Å². The molecule has 0 saturated carbocycles. The largest absolute Gasteiger partial charge is 0.325 e. The van der Waals surface area contributed by atoms with Gasteiger partial charge in [0.15, 0.2) is 11.0 Å². The van der Waals surface area contributed by atoms with Gasteiger partial charge >= 0.3 is 0 Å². The lowest BCUT2D eigenvalue weighted by molar-refractivity contribution is -0.113. The second-order valence-electron chi connectivity index (χ2n) is 6.19. The molecule has 0 aliphatic heterocycles. The maximum absolute atomic E-state index is 12.3. The zero-order valence-corrected chi connectivity index (χ0v) is 16.9. The quantitative estimate of drug-likeness (QED) is 0.429. The zero-order chi connectivity index (χ0) is 20.1. The van der Waals surface area contributed by atoms with Gasteiger partial charge in [0.05, 0.1) is 5.75 Å². The van der Waals surface area contributed by atoms with Gasteiger partial charge in [0.25, 0.3) is 0 Å². The van der Waals surface area contributed by atoms with Crippen molar-refractivity contribution in [3.8, 4) is 17.1 Å². The Bertz CT molecular complexity index is 1120. The molecule has 7 heteroatoms. The molecule has 0 saturated heterocycles. The highest BCUT2D eigenvalue weighted by molar-refractivity contribution is 7.99. The summed E-state index contributed by atoms with van der Waals surface area (Å²) >= 11 is 7.50. The molecule has 4 rings (SSSR count). The fourth-order valence-corrected chi connectivity index (χ4v) is 3.78. The SMILES string of the molecule is O=C(CSc1nnc(-c2cccc(Cl)c2)n1-c1ccccc1)Nc1ccccc1. The van der Waals surface area contributed by atoms with Gasteiger partial charge in [-0.3, -0.25) is 9.36 Å². The molecule has 144 valence electrons. The number of rotatable bonds is 6. The zero-order valence-electron chi connectivity index (χ0n) is 15.3. The van der Waals surface area contributed by atoms with Crippen LogP contribution in [0.3, 0.4) is 0 Å². The van der Waals surface area contributed by atoms with Crippen LogP contribution in [0.1, 0.15) is 0 Å². The minimum absolute atomic E-state index is 0.104. The van der Waals surface area contributed by atoms with E-state index in [4.69, 9.17) is 11.6 Å². The van der Waals surface area contributed by atoms with Crippen molar-refractivity contribution < 1.29 is 4.79 Å². The molecule has 1 aromatic heterocycles. The van der Waals surface area contributed by atoms with Crippen molar-refractivity contribution >= 4 is 35.0 Å². The number of nitrogens with zero attached hydrogens (tertiary/aromatic N) is 3. The van der Waals surface area contributed by atoms with E-state index in [1.54, 1.807) is 0 Å². The fourth-order valence-electron chi connectivity index (χ4n) is 2.84. The minimum atomic E-state index is -0.104. The Kier molecular flexibility index (Phi) is 5.93. The summed E-state index contributed by atoms with van der Waals surface area (Å²) in [4.78, 5) is 12.3. The molecular weight excluding hydrogens is 404 g/mol. The normalized spacial score (nSPS) is 10.7. The van der Waals surface area contributed by atoms with E-state index < -0.39 is 0 Å². The van der Waals surface area contributed by atoms with Crippen LogP contribution in [0, 0.1) is 0 Å². The summed E-state index contributed by atoms with van der Waals surface area (Å²) in [6, 6.07) is 26.7. The maximum Gasteiger partial charge on any atom is 0.234 e. The van der Waals surface area contributed by atoms with Crippen molar-refractivity contribution in [1.29, 1.82) is 0 Å². The van der Waals surface area contributed by atoms with Crippen molar-refractivity contribution in [1.82, 2.24) is 14.8 Å². The van der Waals surface area contributed by atoms with Gasteiger partial charge in [0.1, 0.15) is 0 Å². The van der Waals surface area contributed by atoms with Gasteiger partial charge in [-0.2, -0.15) is 0 Å². The lowest BCUT2D eigenvalue weighted by Crippen LogP contribution is -2.14. The Morgan fingerprint density at radius 1 is 0.931 bits per heavy atom. The molecule has 1 amide bonds. The van der Waals surface area contributed by atoms with E-state index in [1.807, 2.05) is 89.5 Å². The van der Waals surface area contributed by atoms with Crippen molar-refractivity contribution in [3.05, 3.63) is 90.0 Å². The highest BCUT2D eigenvalue weighted by Crippen LogP contribution is 2.29. The van der Waals surface area contributed by atoms with Crippen molar-refractivity contribution in [2.24, 2.45) is 0 Å². The van der Waals surface area contributed by atoms with E-state index in [0.717, 1.165) is 16.9 Å². The summed E-state index contributed by atoms with van der Waals surface area (Å²) in [5, 5.41) is 12.8. The summed E-state index contributed by atoms with van der Waals surface area (Å²) in [6.07, 6.45) is 0. The third-order valence-corrected chi connectivity index (χ3v) is 5.28. The van der Waals surface area contributed by atoms with Gasteiger partial charge in [-0.15, -0.1) is 10.2 Å². The number of para-hydroxylation sites is 2. The number of carbonyl (C=O) groups excluding carboxylic acids is 1. The molecule has 5 nitrogen and oxygen atoms in total. The first-order valence-corrected chi connectivity index (χ1v) is 10.3. The first-order valence-electron chi connectivity index (χ1n) is 8.95. The molecule has 0 atom stereocenters. The van der Waals surface area contributed by atoms with E-state index in [1.165, 1.54) is 11.8 Å². The molecule has 29 heavy (non-hydrogen) atoms. The molecule has 1 N–H and O–H groups in total. The van der Waals surface area contributed by atoms with E-state index in [9.17, 15) is 4.79 Å². The van der Waals surface area contributed by atoms with Crippen LogP contribution in [-0.4, -0.2) is 26.4 Å². The monoisotopic (exact) mass is 420 g/mol. The third-order valence-electron chi connectivity index (χ3n) is 4.12. The first kappa shape index (κ1) is 19.2. The molecule has 0 fully saturated rings. The molecule has 0 spiro atoms. The van der Waals surface area contributed by atoms with E-state index >= 15 is 0 Å². The predicted molar refractivity (Wildman–Crippen MR) is 118 cm³/mol. The van der Waals surface area contributed by atoms with E-state index in [0.29, 0.717) is 16.0 Å². The number of anilines is 1. The highest BCUT2D eigenvalue weighted by Gasteiger charge is 2.17. The predicted octanol–water partition coefficient (Wildman–Crippen LogP) is 5.32. The first-order chi connectivity index (χ1) is 14.2. The lowest BCUT2D eigenvalue weighted by atomic mass is 10.2. The van der Waals surface area contributed by atoms with Crippen LogP contribution in [-0.2, 0) is 4.79 Å². The Labute approximate surface area is 177 Å². The number of aromatic nitrogens is 3. The minimum Gasteiger partial charge on any atom is -0.325 e. The second kappa shape index (κ2) is 8.94. The lowest BCUT2D eigenvalue weighted by Gasteiger charge is -2.10. The van der Waals surface area contributed by atoms with Crippen LogP contribution < -0.4 is 5.32 Å². The third kappa shape index (κ3) is 4.67. The number of thioether (sulfide) groups is 1. The summed E-state index contributed by atoms with van der Waals surface area (Å²) in [7, 11) is 0. The Hall–Kier alpha value is -3.09. The van der Waals surface area contributed by atoms with Crippen molar-refractivity contribution in [2.45, 2.75) is 5.16 Å². The Morgan fingerprint density at radius 2 is 1.66 bits per heavy atom. The van der Waals surface area contributed by atoms with Crippen molar-refractivity contribution in [2.75, 3.05) is 11.1 Å². The topological polar surface area (TPSA) is 59.8 Å². The van der Waals surface area contributed by atoms with Gasteiger partial charge in [-0.25, -0.2) is 0 Å². The van der Waals surface area contributed by atoms with Gasteiger partial charge in [0, 0.05) is 22.0 Å². The fraction of sp³-hybridized carbons (Fsp3) is 0.0455. The maximum atomic E-state index is 12.3. The number of hydrogen-bond acceptors (Lipinski definition) is 4. The van der Waals surface area contributed by atoms with Gasteiger partial charge in [-0.05, 0) is 36.4 Å². The molecule has 4 aromatic rings. The molecule has 0 bridgehead atoms. The summed E-state index contributed by atoms with van der Waals surface area (Å²) < 4.78 is 1.94. The van der Waals surface area contributed by atoms with Crippen LogP contribution in [0.15, 0.2) is 90.1 Å². The van der Waals surface area contributed by atoms with Crippen LogP contribution in [0.5, 0.6) is 0 Å². The summed E-state index contributed by atoms with van der Waals surface area (Å²) in [6.45, 7) is 0. The number of amides is 1. The average Bonchev–Trinajstić information content (AvgIpc) is 3.18. The summed E-state index contributed by atoms with van der Waals surface area (Å²) in [5.74, 6) is 0.785. The molecule has 0 unspecified atom stereocenters.